The minimum absolute atomic E-state index is 0.0334. The van der Waals surface area contributed by atoms with Crippen LogP contribution in [0.15, 0.2) is 36.4 Å². The summed E-state index contributed by atoms with van der Waals surface area (Å²) in [6.07, 6.45) is 2.94. The van der Waals surface area contributed by atoms with E-state index in [2.05, 4.69) is 22.3 Å². The molecule has 2 aromatic rings. The van der Waals surface area contributed by atoms with E-state index in [0.717, 1.165) is 48.7 Å². The fourth-order valence-corrected chi connectivity index (χ4v) is 4.29. The van der Waals surface area contributed by atoms with Gasteiger partial charge in [0.05, 0.1) is 19.8 Å². The molecule has 1 fully saturated rings. The average molecular weight is 410 g/mol. The smallest absolute Gasteiger partial charge is 0.238 e. The van der Waals surface area contributed by atoms with E-state index < -0.39 is 0 Å². The van der Waals surface area contributed by atoms with Crippen LogP contribution in [0, 0.1) is 0 Å². The lowest BCUT2D eigenvalue weighted by molar-refractivity contribution is -0.117. The number of carbonyl (C=O) groups excluding carboxylic acids is 1. The second-order valence-electron chi connectivity index (χ2n) is 7.79. The molecule has 0 radical (unpaired) electrons. The number of ether oxygens (including phenoxy) is 4. The topological polar surface area (TPSA) is 69.3 Å². The molecule has 30 heavy (non-hydrogen) atoms. The first-order valence-electron chi connectivity index (χ1n) is 10.6. The summed E-state index contributed by atoms with van der Waals surface area (Å²) in [6, 6.07) is 11.9. The van der Waals surface area contributed by atoms with Crippen molar-refractivity contribution >= 4 is 11.6 Å². The van der Waals surface area contributed by atoms with Crippen LogP contribution < -0.4 is 24.3 Å². The van der Waals surface area contributed by atoms with Crippen molar-refractivity contribution in [2.24, 2.45) is 0 Å². The van der Waals surface area contributed by atoms with Crippen molar-refractivity contribution in [3.8, 4) is 23.0 Å². The third-order valence-electron chi connectivity index (χ3n) is 5.69. The maximum absolute atomic E-state index is 12.7. The second-order valence-corrected chi connectivity index (χ2v) is 7.79. The number of anilines is 1. The van der Waals surface area contributed by atoms with E-state index in [1.54, 1.807) is 0 Å². The molecule has 0 aliphatic carbocycles. The lowest BCUT2D eigenvalue weighted by Gasteiger charge is -2.26. The van der Waals surface area contributed by atoms with E-state index in [4.69, 9.17) is 18.9 Å². The first-order valence-corrected chi connectivity index (χ1v) is 10.6. The Labute approximate surface area is 175 Å². The molecule has 3 heterocycles. The summed E-state index contributed by atoms with van der Waals surface area (Å²) in [5.41, 5.74) is 1.89. The molecule has 1 atom stereocenters. The van der Waals surface area contributed by atoms with Crippen LogP contribution in [0.4, 0.5) is 5.69 Å². The van der Waals surface area contributed by atoms with Gasteiger partial charge in [-0.2, -0.15) is 0 Å². The van der Waals surface area contributed by atoms with E-state index in [1.165, 1.54) is 5.56 Å². The van der Waals surface area contributed by atoms with Crippen molar-refractivity contribution in [3.05, 3.63) is 42.0 Å². The molecule has 3 aliphatic heterocycles. The van der Waals surface area contributed by atoms with Gasteiger partial charge in [-0.05, 0) is 49.2 Å². The number of fused-ring (bicyclic) bond motifs is 2. The lowest BCUT2D eigenvalue weighted by atomic mass is 10.0. The Morgan fingerprint density at radius 2 is 1.57 bits per heavy atom. The Balaban J connectivity index is 1.25. The molecule has 1 saturated heterocycles. The van der Waals surface area contributed by atoms with Crippen LogP contribution in [0.2, 0.25) is 0 Å². The molecule has 0 bridgehead atoms. The maximum Gasteiger partial charge on any atom is 0.238 e. The number of nitrogens with zero attached hydrogens (tertiary/aromatic N) is 1. The van der Waals surface area contributed by atoms with E-state index in [1.807, 2.05) is 24.3 Å². The predicted octanol–water partition coefficient (Wildman–Crippen LogP) is 3.39. The fraction of sp³-hybridized carbons (Fsp3) is 0.435. The van der Waals surface area contributed by atoms with Gasteiger partial charge >= 0.3 is 0 Å². The summed E-state index contributed by atoms with van der Waals surface area (Å²) < 4.78 is 22.7. The van der Waals surface area contributed by atoms with Crippen molar-refractivity contribution < 1.29 is 23.7 Å². The Hall–Kier alpha value is -2.93. The number of carbonyl (C=O) groups is 1. The van der Waals surface area contributed by atoms with Crippen LogP contribution in [0.3, 0.4) is 0 Å². The molecule has 2 aromatic carbocycles. The van der Waals surface area contributed by atoms with Gasteiger partial charge in [-0.3, -0.25) is 9.69 Å². The molecule has 1 amide bonds. The van der Waals surface area contributed by atoms with Crippen LogP contribution in [0.25, 0.3) is 0 Å². The second kappa shape index (κ2) is 8.44. The Kier molecular flexibility index (Phi) is 5.36. The zero-order chi connectivity index (χ0) is 20.3. The van der Waals surface area contributed by atoms with E-state index in [0.29, 0.717) is 38.7 Å². The van der Waals surface area contributed by atoms with E-state index in [-0.39, 0.29) is 11.9 Å². The molecule has 3 aliphatic rings. The Morgan fingerprint density at radius 1 is 0.867 bits per heavy atom. The van der Waals surface area contributed by atoms with E-state index >= 15 is 0 Å². The lowest BCUT2D eigenvalue weighted by Crippen LogP contribution is -2.33. The molecular formula is C23H26N2O5. The van der Waals surface area contributed by atoms with Crippen molar-refractivity contribution in [3.63, 3.8) is 0 Å². The molecule has 158 valence electrons. The number of amides is 1. The van der Waals surface area contributed by atoms with Gasteiger partial charge in [0, 0.05) is 24.2 Å². The summed E-state index contributed by atoms with van der Waals surface area (Å²) in [5.74, 6) is 2.96. The van der Waals surface area contributed by atoms with Gasteiger partial charge < -0.3 is 24.3 Å². The van der Waals surface area contributed by atoms with Crippen LogP contribution >= 0.6 is 0 Å². The largest absolute Gasteiger partial charge is 0.490 e. The first kappa shape index (κ1) is 19.1. The normalized spacial score (nSPS) is 20.5. The van der Waals surface area contributed by atoms with Crippen LogP contribution in [0.5, 0.6) is 23.0 Å². The summed E-state index contributed by atoms with van der Waals surface area (Å²) in [5, 5.41) is 3.00. The first-order chi connectivity index (χ1) is 14.8. The number of rotatable bonds is 4. The van der Waals surface area contributed by atoms with Crippen molar-refractivity contribution in [2.45, 2.75) is 25.3 Å². The molecule has 5 rings (SSSR count). The highest BCUT2D eigenvalue weighted by Crippen LogP contribution is 2.38. The zero-order valence-corrected chi connectivity index (χ0v) is 16.9. The highest BCUT2D eigenvalue weighted by molar-refractivity contribution is 5.92. The van der Waals surface area contributed by atoms with Crippen molar-refractivity contribution in [2.75, 3.05) is 44.8 Å². The van der Waals surface area contributed by atoms with Gasteiger partial charge in [-0.25, -0.2) is 0 Å². The standard InChI is InChI=1S/C23H26N2O5/c26-23(24-17-5-7-20-22(14-17)28-10-2-9-27-20)15-25-8-1-3-18(25)16-4-6-19-21(13-16)30-12-11-29-19/h4-7,13-14,18H,1-3,8-12,15H2,(H,24,26). The highest BCUT2D eigenvalue weighted by atomic mass is 16.6. The molecule has 0 aromatic heterocycles. The molecule has 0 saturated carbocycles. The minimum Gasteiger partial charge on any atom is -0.490 e. The van der Waals surface area contributed by atoms with Crippen LogP contribution in [-0.2, 0) is 4.79 Å². The van der Waals surface area contributed by atoms with Crippen molar-refractivity contribution in [1.29, 1.82) is 0 Å². The third kappa shape index (κ3) is 4.03. The molecule has 1 N–H and O–H groups in total. The molecular weight excluding hydrogens is 384 g/mol. The maximum atomic E-state index is 12.7. The van der Waals surface area contributed by atoms with Crippen molar-refractivity contribution in [1.82, 2.24) is 4.90 Å². The number of nitrogens with one attached hydrogen (secondary N) is 1. The number of hydrogen-bond donors (Lipinski definition) is 1. The molecule has 0 spiro atoms. The summed E-state index contributed by atoms with van der Waals surface area (Å²) >= 11 is 0. The van der Waals surface area contributed by atoms with Crippen LogP contribution in [0.1, 0.15) is 30.9 Å². The quantitative estimate of drug-likeness (QED) is 0.833. The van der Waals surface area contributed by atoms with Gasteiger partial charge in [-0.1, -0.05) is 6.07 Å². The summed E-state index contributed by atoms with van der Waals surface area (Å²) in [4.78, 5) is 15.0. The van der Waals surface area contributed by atoms with Gasteiger partial charge in [0.2, 0.25) is 5.91 Å². The zero-order valence-electron chi connectivity index (χ0n) is 16.9. The number of hydrogen-bond acceptors (Lipinski definition) is 6. The average Bonchev–Trinajstić information content (AvgIpc) is 3.09. The fourth-order valence-electron chi connectivity index (χ4n) is 4.29. The monoisotopic (exact) mass is 410 g/mol. The number of benzene rings is 2. The SMILES string of the molecule is O=C(CN1CCCC1c1ccc2c(c1)OCCO2)Nc1ccc2c(c1)OCCCO2. The summed E-state index contributed by atoms with van der Waals surface area (Å²) in [7, 11) is 0. The molecule has 7 heteroatoms. The number of likely N-dealkylation sites (tertiary alicyclic amines) is 1. The van der Waals surface area contributed by atoms with Gasteiger partial charge in [0.25, 0.3) is 0 Å². The predicted molar refractivity (Wildman–Crippen MR) is 112 cm³/mol. The Bertz CT molecular complexity index is 932. The Morgan fingerprint density at radius 3 is 2.43 bits per heavy atom. The van der Waals surface area contributed by atoms with Crippen LogP contribution in [-0.4, -0.2) is 50.3 Å². The minimum atomic E-state index is -0.0334. The van der Waals surface area contributed by atoms with Gasteiger partial charge in [0.1, 0.15) is 13.2 Å². The third-order valence-corrected chi connectivity index (χ3v) is 5.69. The summed E-state index contributed by atoms with van der Waals surface area (Å²) in [6.45, 7) is 3.66. The highest BCUT2D eigenvalue weighted by Gasteiger charge is 2.29. The molecule has 7 nitrogen and oxygen atoms in total. The van der Waals surface area contributed by atoms with Gasteiger partial charge in [-0.15, -0.1) is 0 Å². The molecule has 1 unspecified atom stereocenters. The van der Waals surface area contributed by atoms with E-state index in [9.17, 15) is 4.79 Å². The van der Waals surface area contributed by atoms with Gasteiger partial charge in [0.15, 0.2) is 23.0 Å².